The molecule has 0 bridgehead atoms. The molecule has 0 aliphatic rings. The van der Waals surface area contributed by atoms with Gasteiger partial charge in [-0.3, -0.25) is 0 Å². The van der Waals surface area contributed by atoms with Crippen LogP contribution in [0.5, 0.6) is 0 Å². The predicted molar refractivity (Wildman–Crippen MR) is 67.2 cm³/mol. The van der Waals surface area contributed by atoms with Crippen molar-refractivity contribution in [3.63, 3.8) is 0 Å². The lowest BCUT2D eigenvalue weighted by molar-refractivity contribution is 0.627. The highest BCUT2D eigenvalue weighted by Gasteiger charge is 2.07. The average Bonchev–Trinajstić information content (AvgIpc) is 2.68. The van der Waals surface area contributed by atoms with Gasteiger partial charge in [0.05, 0.1) is 0 Å². The summed E-state index contributed by atoms with van der Waals surface area (Å²) in [6.45, 7) is 2.82. The third kappa shape index (κ3) is 2.31. The van der Waals surface area contributed by atoms with Crippen molar-refractivity contribution in [3.05, 3.63) is 46.6 Å². The fourth-order valence-corrected chi connectivity index (χ4v) is 2.62. The number of halogens is 1. The van der Waals surface area contributed by atoms with Crippen LogP contribution in [0.25, 0.3) is 10.4 Å². The highest BCUT2D eigenvalue weighted by atomic mass is 32.1. The van der Waals surface area contributed by atoms with Gasteiger partial charge in [0.25, 0.3) is 0 Å². The second-order valence-electron chi connectivity index (χ2n) is 3.74. The van der Waals surface area contributed by atoms with Crippen LogP contribution in [0, 0.1) is 12.7 Å². The van der Waals surface area contributed by atoms with Gasteiger partial charge in [0.1, 0.15) is 5.82 Å². The Bertz CT molecular complexity index is 490. The van der Waals surface area contributed by atoms with Gasteiger partial charge >= 0.3 is 0 Å². The van der Waals surface area contributed by atoms with Crippen LogP contribution in [0.2, 0.25) is 0 Å². The number of benzene rings is 1. The van der Waals surface area contributed by atoms with Gasteiger partial charge < -0.3 is 5.32 Å². The Morgan fingerprint density at radius 1 is 1.25 bits per heavy atom. The van der Waals surface area contributed by atoms with E-state index >= 15 is 0 Å². The molecule has 0 aliphatic carbocycles. The van der Waals surface area contributed by atoms with Crippen LogP contribution in [0.3, 0.4) is 0 Å². The molecule has 0 atom stereocenters. The molecule has 1 N–H and O–H groups in total. The Labute approximate surface area is 98.9 Å². The number of thiophene rings is 1. The molecule has 2 rings (SSSR count). The maximum atomic E-state index is 13.3. The summed E-state index contributed by atoms with van der Waals surface area (Å²) in [4.78, 5) is 2.37. The zero-order valence-electron chi connectivity index (χ0n) is 9.38. The Hall–Kier alpha value is -1.19. The van der Waals surface area contributed by atoms with Crippen LogP contribution in [0.1, 0.15) is 10.4 Å². The van der Waals surface area contributed by atoms with E-state index in [1.807, 2.05) is 19.2 Å². The highest BCUT2D eigenvalue weighted by Crippen LogP contribution is 2.31. The summed E-state index contributed by atoms with van der Waals surface area (Å²) in [6.07, 6.45) is 0. The molecule has 0 unspecified atom stereocenters. The average molecular weight is 235 g/mol. The first kappa shape index (κ1) is 11.3. The van der Waals surface area contributed by atoms with Gasteiger partial charge in [-0.05, 0) is 49.4 Å². The van der Waals surface area contributed by atoms with Crippen LogP contribution in [0.4, 0.5) is 4.39 Å². The number of hydrogen-bond acceptors (Lipinski definition) is 2. The lowest BCUT2D eigenvalue weighted by Gasteiger charge is -2.07. The molecule has 16 heavy (non-hydrogen) atoms. The van der Waals surface area contributed by atoms with E-state index in [1.165, 1.54) is 10.9 Å². The molecule has 0 saturated heterocycles. The minimum Gasteiger partial charge on any atom is -0.316 e. The summed E-state index contributed by atoms with van der Waals surface area (Å²) < 4.78 is 13.3. The van der Waals surface area contributed by atoms with E-state index in [4.69, 9.17) is 0 Å². The lowest BCUT2D eigenvalue weighted by Crippen LogP contribution is -2.06. The normalized spacial score (nSPS) is 10.7. The summed E-state index contributed by atoms with van der Waals surface area (Å²) >= 11 is 1.70. The van der Waals surface area contributed by atoms with Crippen molar-refractivity contribution in [1.82, 2.24) is 5.32 Å². The standard InChI is InChI=1S/C13H14FNS/c1-9-3-6-13(16-9)12-7-11(14)5-4-10(12)8-15-2/h3-7,15H,8H2,1-2H3. The monoisotopic (exact) mass is 235 g/mol. The zero-order valence-corrected chi connectivity index (χ0v) is 10.2. The summed E-state index contributed by atoms with van der Waals surface area (Å²) in [5.41, 5.74) is 2.12. The van der Waals surface area contributed by atoms with Gasteiger partial charge in [0, 0.05) is 16.3 Å². The van der Waals surface area contributed by atoms with Crippen molar-refractivity contribution in [3.8, 4) is 10.4 Å². The van der Waals surface area contributed by atoms with E-state index in [2.05, 4.69) is 18.3 Å². The maximum Gasteiger partial charge on any atom is 0.123 e. The molecule has 0 spiro atoms. The van der Waals surface area contributed by atoms with E-state index in [9.17, 15) is 4.39 Å². The van der Waals surface area contributed by atoms with Crippen molar-refractivity contribution in [2.24, 2.45) is 0 Å². The van der Waals surface area contributed by atoms with Crippen molar-refractivity contribution in [1.29, 1.82) is 0 Å². The van der Waals surface area contributed by atoms with Gasteiger partial charge in [0.15, 0.2) is 0 Å². The summed E-state index contributed by atoms with van der Waals surface area (Å²) in [6, 6.07) is 9.08. The van der Waals surface area contributed by atoms with Crippen LogP contribution >= 0.6 is 11.3 Å². The fourth-order valence-electron chi connectivity index (χ4n) is 1.70. The second-order valence-corrected chi connectivity index (χ2v) is 5.03. The van der Waals surface area contributed by atoms with Crippen molar-refractivity contribution in [2.75, 3.05) is 7.05 Å². The van der Waals surface area contributed by atoms with Gasteiger partial charge in [-0.25, -0.2) is 4.39 Å². The van der Waals surface area contributed by atoms with Gasteiger partial charge in [-0.1, -0.05) is 6.07 Å². The first-order valence-electron chi connectivity index (χ1n) is 5.20. The molecule has 1 nitrogen and oxygen atoms in total. The van der Waals surface area contributed by atoms with Crippen LogP contribution in [-0.4, -0.2) is 7.05 Å². The third-order valence-corrected chi connectivity index (χ3v) is 3.48. The molecule has 84 valence electrons. The quantitative estimate of drug-likeness (QED) is 0.857. The molecular weight excluding hydrogens is 221 g/mol. The van der Waals surface area contributed by atoms with Crippen molar-refractivity contribution < 1.29 is 4.39 Å². The molecule has 2 aromatic rings. The van der Waals surface area contributed by atoms with Gasteiger partial charge in [0.2, 0.25) is 0 Å². The molecule has 1 heterocycles. The number of hydrogen-bond donors (Lipinski definition) is 1. The fraction of sp³-hybridized carbons (Fsp3) is 0.231. The topological polar surface area (TPSA) is 12.0 Å². The first-order chi connectivity index (χ1) is 7.70. The SMILES string of the molecule is CNCc1ccc(F)cc1-c1ccc(C)s1. The van der Waals surface area contributed by atoms with Crippen LogP contribution in [0.15, 0.2) is 30.3 Å². The van der Waals surface area contributed by atoms with Crippen LogP contribution in [-0.2, 0) is 6.54 Å². The van der Waals surface area contributed by atoms with E-state index in [1.54, 1.807) is 17.4 Å². The Morgan fingerprint density at radius 3 is 2.69 bits per heavy atom. The maximum absolute atomic E-state index is 13.3. The summed E-state index contributed by atoms with van der Waals surface area (Å²) in [7, 11) is 1.90. The molecule has 1 aromatic heterocycles. The van der Waals surface area contributed by atoms with E-state index in [0.717, 1.165) is 22.5 Å². The van der Waals surface area contributed by atoms with E-state index in [-0.39, 0.29) is 5.82 Å². The van der Waals surface area contributed by atoms with Crippen molar-refractivity contribution >= 4 is 11.3 Å². The molecule has 3 heteroatoms. The van der Waals surface area contributed by atoms with Crippen molar-refractivity contribution in [2.45, 2.75) is 13.5 Å². The summed E-state index contributed by atoms with van der Waals surface area (Å²) in [5.74, 6) is -0.180. The second kappa shape index (κ2) is 4.76. The first-order valence-corrected chi connectivity index (χ1v) is 6.02. The largest absolute Gasteiger partial charge is 0.316 e. The molecule has 0 fully saturated rings. The number of rotatable bonds is 3. The Kier molecular flexibility index (Phi) is 3.36. The predicted octanol–water partition coefficient (Wildman–Crippen LogP) is 3.58. The molecular formula is C13H14FNS. The summed E-state index contributed by atoms with van der Waals surface area (Å²) in [5, 5.41) is 3.10. The van der Waals surface area contributed by atoms with Gasteiger partial charge in [-0.2, -0.15) is 0 Å². The Balaban J connectivity index is 2.48. The Morgan fingerprint density at radius 2 is 2.06 bits per heavy atom. The molecule has 0 amide bonds. The highest BCUT2D eigenvalue weighted by molar-refractivity contribution is 7.15. The molecule has 0 saturated carbocycles. The minimum absolute atomic E-state index is 0.180. The molecule has 0 radical (unpaired) electrons. The molecule has 0 aliphatic heterocycles. The zero-order chi connectivity index (χ0) is 11.5. The third-order valence-electron chi connectivity index (χ3n) is 2.44. The van der Waals surface area contributed by atoms with Gasteiger partial charge in [-0.15, -0.1) is 11.3 Å². The number of nitrogens with one attached hydrogen (secondary N) is 1. The smallest absolute Gasteiger partial charge is 0.123 e. The van der Waals surface area contributed by atoms with Crippen LogP contribution < -0.4 is 5.32 Å². The molecule has 1 aromatic carbocycles. The number of aryl methyl sites for hydroxylation is 1. The minimum atomic E-state index is -0.180. The van der Waals surface area contributed by atoms with E-state index < -0.39 is 0 Å². The lowest BCUT2D eigenvalue weighted by atomic mass is 10.1. The van der Waals surface area contributed by atoms with E-state index in [0.29, 0.717) is 0 Å².